The fraction of sp³-hybridized carbons (Fsp3) is 0.679. The van der Waals surface area contributed by atoms with E-state index in [1.165, 1.54) is 0 Å². The van der Waals surface area contributed by atoms with Gasteiger partial charge in [-0.2, -0.15) is 0 Å². The lowest BCUT2D eigenvalue weighted by Crippen LogP contribution is -2.77. The topological polar surface area (TPSA) is 134 Å². The van der Waals surface area contributed by atoms with Gasteiger partial charge >= 0.3 is 11.9 Å². The summed E-state index contributed by atoms with van der Waals surface area (Å²) in [6, 6.07) is 1.99. The Morgan fingerprint density at radius 3 is 2.57 bits per heavy atom. The van der Waals surface area contributed by atoms with E-state index >= 15 is 0 Å². The maximum Gasteiger partial charge on any atom is 0.328 e. The van der Waals surface area contributed by atoms with Gasteiger partial charge in [0.25, 0.3) is 0 Å². The van der Waals surface area contributed by atoms with Crippen LogP contribution in [0.15, 0.2) is 12.1 Å². The molecule has 0 amide bonds. The summed E-state index contributed by atoms with van der Waals surface area (Å²) in [6.45, 7) is 8.36. The summed E-state index contributed by atoms with van der Waals surface area (Å²) in [6.07, 6.45) is 1.77. The molecule has 1 saturated heterocycles. The standard InChI is InChI=1S/C28H39N3O6/c1-6-15(4)22(30)26(34)37-28-10-9-17(32)24-27(28)11-12-31(5)19(28)13-16-7-8-18(23(36-24)20(16)27)35-25(33)21(29)14(2)3/h7-8,14-15,19,21-22,24H,6,9-13,29-30H2,1-5H3/t15-,19+,21-,22-,24-,27-,28+/m0/s1. The first kappa shape index (κ1) is 26.1. The molecule has 0 radical (unpaired) electrons. The van der Waals surface area contributed by atoms with E-state index in [4.69, 9.17) is 25.7 Å². The molecule has 2 heterocycles. The molecule has 9 heteroatoms. The summed E-state index contributed by atoms with van der Waals surface area (Å²) in [5, 5.41) is 0. The van der Waals surface area contributed by atoms with Crippen LogP contribution in [0.25, 0.3) is 0 Å². The molecule has 2 aliphatic carbocycles. The van der Waals surface area contributed by atoms with Crippen LogP contribution >= 0.6 is 0 Å². The second kappa shape index (κ2) is 9.06. The molecule has 9 nitrogen and oxygen atoms in total. The number of piperidine rings is 1. The number of Topliss-reactive ketones (excluding diaryl/α,β-unsaturated/α-hetero) is 1. The summed E-state index contributed by atoms with van der Waals surface area (Å²) in [5.41, 5.74) is 12.4. The van der Waals surface area contributed by atoms with E-state index in [-0.39, 0.29) is 35.8 Å². The van der Waals surface area contributed by atoms with Crippen molar-refractivity contribution in [3.8, 4) is 11.5 Å². The number of carbonyl (C=O) groups is 3. The fourth-order valence-electron chi connectivity index (χ4n) is 6.97. The average molecular weight is 514 g/mol. The third-order valence-electron chi connectivity index (χ3n) is 9.48. The number of carbonyl (C=O) groups excluding carboxylic acids is 3. The van der Waals surface area contributed by atoms with Crippen LogP contribution in [0.5, 0.6) is 11.5 Å². The minimum Gasteiger partial charge on any atom is -0.477 e. The van der Waals surface area contributed by atoms with Crippen LogP contribution in [0, 0.1) is 11.8 Å². The third kappa shape index (κ3) is 3.57. The number of nitrogens with zero attached hydrogens (tertiary/aromatic N) is 1. The molecule has 2 aliphatic heterocycles. The van der Waals surface area contributed by atoms with Gasteiger partial charge < -0.3 is 25.7 Å². The number of ketones is 1. The minimum atomic E-state index is -0.976. The Morgan fingerprint density at radius 1 is 1.16 bits per heavy atom. The van der Waals surface area contributed by atoms with E-state index in [0.717, 1.165) is 24.1 Å². The summed E-state index contributed by atoms with van der Waals surface area (Å²) in [4.78, 5) is 41.9. The molecular weight excluding hydrogens is 474 g/mol. The largest absolute Gasteiger partial charge is 0.477 e. The second-order valence-electron chi connectivity index (χ2n) is 11.7. The van der Waals surface area contributed by atoms with Gasteiger partial charge in [0.05, 0.1) is 11.5 Å². The number of hydrogen-bond donors (Lipinski definition) is 2. The number of hydrogen-bond acceptors (Lipinski definition) is 9. The van der Waals surface area contributed by atoms with Gasteiger partial charge in [-0.25, -0.2) is 4.79 Å². The number of rotatable bonds is 7. The molecule has 1 aromatic rings. The average Bonchev–Trinajstić information content (AvgIpc) is 3.23. The zero-order valence-electron chi connectivity index (χ0n) is 22.4. The highest BCUT2D eigenvalue weighted by atomic mass is 16.6. The molecule has 4 N–H and O–H groups in total. The lowest BCUT2D eigenvalue weighted by atomic mass is 9.49. The number of likely N-dealkylation sites (tertiary alicyclic amines) is 1. The van der Waals surface area contributed by atoms with Crippen molar-refractivity contribution in [3.63, 3.8) is 0 Å². The van der Waals surface area contributed by atoms with Gasteiger partial charge in [0.1, 0.15) is 17.7 Å². The van der Waals surface area contributed by atoms with Crippen LogP contribution in [0.2, 0.25) is 0 Å². The SMILES string of the molecule is CC[C@H](C)[C@H](N)C(=O)O[C@@]12CCC(=O)[C@@H]3Oc4c(OC(=O)[C@@H](N)C(C)C)ccc5c4[C@@]31CCN(C)[C@@H]2C5. The minimum absolute atomic E-state index is 0.0265. The first-order valence-corrected chi connectivity index (χ1v) is 13.5. The smallest absolute Gasteiger partial charge is 0.328 e. The zero-order valence-corrected chi connectivity index (χ0v) is 22.4. The molecule has 0 aromatic heterocycles. The molecule has 37 heavy (non-hydrogen) atoms. The fourth-order valence-corrected chi connectivity index (χ4v) is 6.97. The summed E-state index contributed by atoms with van der Waals surface area (Å²) >= 11 is 0. The Kier molecular flexibility index (Phi) is 6.40. The molecule has 0 unspecified atom stereocenters. The normalized spacial score (nSPS) is 32.3. The van der Waals surface area contributed by atoms with Gasteiger partial charge in [-0.05, 0) is 56.3 Å². The van der Waals surface area contributed by atoms with Crippen LogP contribution in [-0.4, -0.2) is 66.0 Å². The van der Waals surface area contributed by atoms with Crippen molar-refractivity contribution in [2.24, 2.45) is 23.3 Å². The summed E-state index contributed by atoms with van der Waals surface area (Å²) in [7, 11) is 2.04. The van der Waals surface area contributed by atoms with E-state index in [9.17, 15) is 14.4 Å². The number of likely N-dealkylation sites (N-methyl/N-ethyl adjacent to an activating group) is 1. The predicted molar refractivity (Wildman–Crippen MR) is 136 cm³/mol. The molecule has 4 aliphatic rings. The van der Waals surface area contributed by atoms with E-state index in [1.54, 1.807) is 6.07 Å². The van der Waals surface area contributed by atoms with Crippen molar-refractivity contribution in [3.05, 3.63) is 23.3 Å². The molecule has 7 atom stereocenters. The number of ether oxygens (including phenoxy) is 3. The number of nitrogens with two attached hydrogens (primary N) is 2. The van der Waals surface area contributed by atoms with E-state index in [2.05, 4.69) is 4.90 Å². The Morgan fingerprint density at radius 2 is 1.89 bits per heavy atom. The van der Waals surface area contributed by atoms with Crippen LogP contribution < -0.4 is 20.9 Å². The van der Waals surface area contributed by atoms with Crippen LogP contribution in [-0.2, 0) is 31.0 Å². The van der Waals surface area contributed by atoms with E-state index < -0.39 is 41.1 Å². The molecule has 202 valence electrons. The van der Waals surface area contributed by atoms with Crippen molar-refractivity contribution in [2.75, 3.05) is 13.6 Å². The van der Waals surface area contributed by atoms with Crippen molar-refractivity contribution in [1.29, 1.82) is 0 Å². The van der Waals surface area contributed by atoms with Crippen LogP contribution in [0.1, 0.15) is 64.5 Å². The highest BCUT2D eigenvalue weighted by Gasteiger charge is 2.75. The quantitative estimate of drug-likeness (QED) is 0.414. The van der Waals surface area contributed by atoms with E-state index in [0.29, 0.717) is 25.0 Å². The Bertz CT molecular complexity index is 1140. The van der Waals surface area contributed by atoms with Crippen LogP contribution in [0.4, 0.5) is 0 Å². The summed E-state index contributed by atoms with van der Waals surface area (Å²) < 4.78 is 18.7. The Labute approximate surface area is 218 Å². The zero-order chi connectivity index (χ0) is 26.9. The van der Waals surface area contributed by atoms with Crippen molar-refractivity contribution in [2.45, 2.75) is 95.0 Å². The number of benzene rings is 1. The molecule has 2 fully saturated rings. The molecule has 1 aromatic carbocycles. The number of esters is 2. The maximum absolute atomic E-state index is 13.5. The third-order valence-corrected chi connectivity index (χ3v) is 9.48. The van der Waals surface area contributed by atoms with Gasteiger partial charge in [0, 0.05) is 12.0 Å². The Hall–Kier alpha value is -2.49. The summed E-state index contributed by atoms with van der Waals surface area (Å²) in [5.74, 6) is -0.503. The Balaban J connectivity index is 1.64. The molecular formula is C28H39N3O6. The van der Waals surface area contributed by atoms with Gasteiger partial charge in [0.15, 0.2) is 23.4 Å². The lowest BCUT2D eigenvalue weighted by molar-refractivity contribution is -0.215. The van der Waals surface area contributed by atoms with Crippen molar-refractivity contribution >= 4 is 17.7 Å². The maximum atomic E-state index is 13.5. The first-order valence-electron chi connectivity index (χ1n) is 13.5. The van der Waals surface area contributed by atoms with Gasteiger partial charge in [-0.1, -0.05) is 40.2 Å². The molecule has 1 saturated carbocycles. The van der Waals surface area contributed by atoms with Gasteiger partial charge in [0.2, 0.25) is 0 Å². The van der Waals surface area contributed by atoms with Crippen LogP contribution in [0.3, 0.4) is 0 Å². The second-order valence-corrected chi connectivity index (χ2v) is 11.7. The highest BCUT2D eigenvalue weighted by molar-refractivity contribution is 5.91. The van der Waals surface area contributed by atoms with Gasteiger partial charge in [-0.15, -0.1) is 0 Å². The predicted octanol–water partition coefficient (Wildman–Crippen LogP) is 1.85. The van der Waals surface area contributed by atoms with Gasteiger partial charge in [-0.3, -0.25) is 14.5 Å². The van der Waals surface area contributed by atoms with Crippen molar-refractivity contribution < 1.29 is 28.6 Å². The molecule has 1 spiro atoms. The highest BCUT2D eigenvalue weighted by Crippen LogP contribution is 2.66. The monoisotopic (exact) mass is 513 g/mol. The van der Waals surface area contributed by atoms with E-state index in [1.807, 2.05) is 40.8 Å². The molecule has 2 bridgehead atoms. The van der Waals surface area contributed by atoms with Crippen molar-refractivity contribution in [1.82, 2.24) is 4.90 Å². The molecule has 5 rings (SSSR count). The lowest BCUT2D eigenvalue weighted by Gasteiger charge is -2.63. The first-order chi connectivity index (χ1) is 17.5.